The van der Waals surface area contributed by atoms with Crippen LogP contribution in [0.4, 0.5) is 0 Å². The van der Waals surface area contributed by atoms with Gasteiger partial charge in [0.1, 0.15) is 12.2 Å². The van der Waals surface area contributed by atoms with Crippen molar-refractivity contribution in [2.45, 2.75) is 121 Å². The van der Waals surface area contributed by atoms with Gasteiger partial charge in [0.15, 0.2) is 0 Å². The quantitative estimate of drug-likeness (QED) is 0.164. The van der Waals surface area contributed by atoms with Gasteiger partial charge in [0, 0.05) is 42.9 Å². The summed E-state index contributed by atoms with van der Waals surface area (Å²) in [5.74, 6) is -0.630. The van der Waals surface area contributed by atoms with E-state index in [1.165, 1.54) is 19.3 Å². The van der Waals surface area contributed by atoms with Crippen molar-refractivity contribution in [2.75, 3.05) is 26.2 Å². The van der Waals surface area contributed by atoms with Gasteiger partial charge in [-0.15, -0.1) is 0 Å². The predicted molar refractivity (Wildman–Crippen MR) is 175 cm³/mol. The number of hydrogen-bond donors (Lipinski definition) is 3. The summed E-state index contributed by atoms with van der Waals surface area (Å²) in [5, 5.41) is 33.3. The zero-order valence-corrected chi connectivity index (χ0v) is 27.6. The lowest BCUT2D eigenvalue weighted by molar-refractivity contribution is -0.243. The number of aliphatic hydroxyl groups excluding tert-OH is 2. The van der Waals surface area contributed by atoms with Crippen molar-refractivity contribution >= 4 is 5.97 Å². The molecule has 9 nitrogen and oxygen atoms in total. The third kappa shape index (κ3) is 10.6. The van der Waals surface area contributed by atoms with Crippen LogP contribution in [-0.2, 0) is 14.3 Å². The van der Waals surface area contributed by atoms with Crippen LogP contribution in [0.25, 0.3) is 0 Å². The Bertz CT molecular complexity index is 1140. The van der Waals surface area contributed by atoms with Crippen LogP contribution in [0.1, 0.15) is 90.7 Å². The fourth-order valence-electron chi connectivity index (χ4n) is 6.66. The number of hydrogen-bond acceptors (Lipinski definition) is 9. The molecule has 3 aliphatic rings. The van der Waals surface area contributed by atoms with Crippen LogP contribution in [-0.4, -0.2) is 98.6 Å². The number of likely N-dealkylation sites (tertiary alicyclic amines) is 2. The van der Waals surface area contributed by atoms with Gasteiger partial charge in [-0.1, -0.05) is 56.7 Å². The van der Waals surface area contributed by atoms with E-state index < -0.39 is 36.3 Å². The maximum Gasteiger partial charge on any atom is 0.309 e. The minimum absolute atomic E-state index is 0.115. The molecule has 7 atom stereocenters. The average molecular weight is 626 g/mol. The molecule has 0 amide bonds. The van der Waals surface area contributed by atoms with E-state index in [-0.39, 0.29) is 31.1 Å². The van der Waals surface area contributed by atoms with E-state index in [4.69, 9.17) is 9.47 Å². The highest BCUT2D eigenvalue weighted by atomic mass is 16.6. The van der Waals surface area contributed by atoms with E-state index in [2.05, 4.69) is 16.8 Å². The minimum Gasteiger partial charge on any atom is -0.457 e. The molecule has 9 heteroatoms. The smallest absolute Gasteiger partial charge is 0.309 e. The highest BCUT2D eigenvalue weighted by Gasteiger charge is 2.37. The Morgan fingerprint density at radius 3 is 2.56 bits per heavy atom. The van der Waals surface area contributed by atoms with Crippen LogP contribution in [0, 0.1) is 5.92 Å². The third-order valence-corrected chi connectivity index (χ3v) is 9.67. The molecule has 0 saturated carbocycles. The van der Waals surface area contributed by atoms with E-state index >= 15 is 0 Å². The van der Waals surface area contributed by atoms with Crippen LogP contribution < -0.4 is 0 Å². The molecule has 4 heterocycles. The van der Waals surface area contributed by atoms with Gasteiger partial charge in [-0.05, 0) is 83.2 Å². The summed E-state index contributed by atoms with van der Waals surface area (Å²) >= 11 is 0. The monoisotopic (exact) mass is 625 g/mol. The molecule has 0 aliphatic carbocycles. The molecule has 250 valence electrons. The van der Waals surface area contributed by atoms with Gasteiger partial charge in [-0.3, -0.25) is 14.7 Å². The molecule has 3 N–H and O–H groups in total. The second-order valence-electron chi connectivity index (χ2n) is 13.5. The Morgan fingerprint density at radius 1 is 1.13 bits per heavy atom. The van der Waals surface area contributed by atoms with Crippen molar-refractivity contribution in [1.29, 1.82) is 0 Å². The summed E-state index contributed by atoms with van der Waals surface area (Å²) in [6.07, 6.45) is 13.8. The summed E-state index contributed by atoms with van der Waals surface area (Å²) in [5.41, 5.74) is 0.435. The number of cyclic esters (lactones) is 1. The van der Waals surface area contributed by atoms with E-state index in [9.17, 15) is 20.1 Å². The first-order chi connectivity index (χ1) is 21.5. The minimum atomic E-state index is -1.38. The zero-order chi connectivity index (χ0) is 32.4. The third-order valence-electron chi connectivity index (χ3n) is 9.67. The molecule has 1 aromatic rings. The Kier molecular flexibility index (Phi) is 13.4. The van der Waals surface area contributed by atoms with E-state index in [1.807, 2.05) is 61.3 Å². The summed E-state index contributed by atoms with van der Waals surface area (Å²) < 4.78 is 12.1. The second-order valence-corrected chi connectivity index (χ2v) is 13.5. The first kappa shape index (κ1) is 35.5. The number of carbonyl (C=O) groups is 1. The lowest BCUT2D eigenvalue weighted by atomic mass is 9.88. The Morgan fingerprint density at radius 2 is 1.87 bits per heavy atom. The first-order valence-electron chi connectivity index (χ1n) is 16.9. The van der Waals surface area contributed by atoms with Crippen molar-refractivity contribution in [3.8, 4) is 0 Å². The average Bonchev–Trinajstić information content (AvgIpc) is 3.04. The van der Waals surface area contributed by atoms with E-state index in [0.717, 1.165) is 50.3 Å². The van der Waals surface area contributed by atoms with Crippen molar-refractivity contribution in [1.82, 2.24) is 14.8 Å². The molecule has 2 fully saturated rings. The normalized spacial score (nSPS) is 32.8. The standard InChI is InChI=1S/C36H55N3O6/c1-26(31-13-6-7-20-37-31)11-10-12-27(2)34-28(3)14-15-32(36(4,43)19-16-30(40)25-33(41)45-34)44-35(42)39-23-17-29(18-24-39)38-21-8-5-9-22-38/h6-7,10-15,20,26,28-30,32,34-35,40,42-43H,5,8-9,16-19,21-25H2,1-4H3/b11-10+,15-14+,27-12+/t26-,28+,30-,32+,34-,35?,36-/m1/s1. The number of esters is 1. The summed E-state index contributed by atoms with van der Waals surface area (Å²) in [6, 6.07) is 6.39. The maximum absolute atomic E-state index is 12.8. The Labute approximate surface area is 269 Å². The number of aromatic nitrogens is 1. The SMILES string of the molecule is C/C(=C\C=C\[C@@H](C)c1ccccn1)[C@H]1OC(=O)C[C@H](O)CC[C@@](C)(O)[C@@H](OC(O)N2CCC(N3CCCCC3)CC2)/C=C/[C@@H]1C. The van der Waals surface area contributed by atoms with Crippen LogP contribution >= 0.6 is 0 Å². The van der Waals surface area contributed by atoms with Crippen molar-refractivity contribution in [2.24, 2.45) is 5.92 Å². The van der Waals surface area contributed by atoms with Crippen molar-refractivity contribution < 1.29 is 29.6 Å². The number of piperidine rings is 2. The Hall–Kier alpha value is -2.40. The van der Waals surface area contributed by atoms with E-state index in [1.54, 1.807) is 19.2 Å². The molecule has 0 aromatic carbocycles. The summed E-state index contributed by atoms with van der Waals surface area (Å²) in [7, 11) is 0. The van der Waals surface area contributed by atoms with Gasteiger partial charge in [0.2, 0.25) is 6.41 Å². The highest BCUT2D eigenvalue weighted by molar-refractivity contribution is 5.70. The topological polar surface area (TPSA) is 116 Å². The molecule has 0 spiro atoms. The number of pyridine rings is 1. The number of carbonyl (C=O) groups excluding carboxylic acids is 1. The van der Waals surface area contributed by atoms with Crippen molar-refractivity contribution in [3.63, 3.8) is 0 Å². The molecule has 1 unspecified atom stereocenters. The molecular weight excluding hydrogens is 570 g/mol. The second kappa shape index (κ2) is 17.0. The van der Waals surface area contributed by atoms with Gasteiger partial charge < -0.3 is 29.7 Å². The predicted octanol–water partition coefficient (Wildman–Crippen LogP) is 4.70. The maximum atomic E-state index is 12.8. The van der Waals surface area contributed by atoms with Gasteiger partial charge in [0.05, 0.1) is 18.1 Å². The van der Waals surface area contributed by atoms with Crippen LogP contribution in [0.2, 0.25) is 0 Å². The van der Waals surface area contributed by atoms with Gasteiger partial charge in [0.25, 0.3) is 0 Å². The van der Waals surface area contributed by atoms with Crippen LogP contribution in [0.15, 0.2) is 60.3 Å². The molecule has 0 bridgehead atoms. The number of allylic oxidation sites excluding steroid dienone is 3. The number of aliphatic hydroxyl groups is 3. The molecule has 2 saturated heterocycles. The largest absolute Gasteiger partial charge is 0.457 e. The van der Waals surface area contributed by atoms with E-state index in [0.29, 0.717) is 6.04 Å². The molecule has 3 aliphatic heterocycles. The van der Waals surface area contributed by atoms with Gasteiger partial charge >= 0.3 is 5.97 Å². The molecule has 45 heavy (non-hydrogen) atoms. The zero-order valence-electron chi connectivity index (χ0n) is 27.6. The van der Waals surface area contributed by atoms with Gasteiger partial charge in [-0.25, -0.2) is 0 Å². The molecular formula is C36H55N3O6. The molecule has 1 aromatic heterocycles. The van der Waals surface area contributed by atoms with Crippen LogP contribution in [0.3, 0.4) is 0 Å². The lowest BCUT2D eigenvalue weighted by Crippen LogP contribution is -2.52. The number of ether oxygens (including phenoxy) is 2. The molecule has 0 radical (unpaired) electrons. The number of rotatable bonds is 8. The fraction of sp³-hybridized carbons (Fsp3) is 0.667. The highest BCUT2D eigenvalue weighted by Crippen LogP contribution is 2.29. The first-order valence-corrected chi connectivity index (χ1v) is 16.9. The van der Waals surface area contributed by atoms with Gasteiger partial charge in [-0.2, -0.15) is 0 Å². The number of nitrogens with zero attached hydrogens (tertiary/aromatic N) is 3. The summed E-state index contributed by atoms with van der Waals surface area (Å²) in [6.45, 7) is 11.4. The van der Waals surface area contributed by atoms with Crippen LogP contribution in [0.5, 0.6) is 0 Å². The fourth-order valence-corrected chi connectivity index (χ4v) is 6.66. The molecule has 4 rings (SSSR count). The summed E-state index contributed by atoms with van der Waals surface area (Å²) in [4.78, 5) is 21.8. The Balaban J connectivity index is 1.46. The van der Waals surface area contributed by atoms with Crippen molar-refractivity contribution in [3.05, 3.63) is 66.0 Å². The lowest BCUT2D eigenvalue weighted by Gasteiger charge is -2.42.